The van der Waals surface area contributed by atoms with Crippen molar-refractivity contribution in [1.82, 2.24) is 10.4 Å². The highest BCUT2D eigenvalue weighted by molar-refractivity contribution is 5.74. The minimum absolute atomic E-state index is 0.239. The first-order valence-electron chi connectivity index (χ1n) is 3.36. The topological polar surface area (TPSA) is 52.6 Å². The highest BCUT2D eigenvalue weighted by Crippen LogP contribution is 1.86. The SMILES string of the molecule is CCN(O)C(=O)CCNC. The molecule has 0 bridgehead atoms. The maximum atomic E-state index is 10.8. The van der Waals surface area contributed by atoms with E-state index in [-0.39, 0.29) is 5.91 Å². The third-order valence-corrected chi connectivity index (χ3v) is 1.18. The van der Waals surface area contributed by atoms with Crippen LogP contribution in [0.4, 0.5) is 0 Å². The fourth-order valence-electron chi connectivity index (χ4n) is 0.537. The number of carbonyl (C=O) groups excluding carboxylic acids is 1. The molecule has 2 N–H and O–H groups in total. The largest absolute Gasteiger partial charge is 0.319 e. The lowest BCUT2D eigenvalue weighted by Gasteiger charge is -2.10. The van der Waals surface area contributed by atoms with E-state index in [1.54, 1.807) is 14.0 Å². The highest BCUT2D eigenvalue weighted by Gasteiger charge is 2.05. The predicted octanol–water partition coefficient (Wildman–Crippen LogP) is -0.166. The van der Waals surface area contributed by atoms with Crippen LogP contribution >= 0.6 is 0 Å². The van der Waals surface area contributed by atoms with Gasteiger partial charge in [0.1, 0.15) is 0 Å². The zero-order valence-electron chi connectivity index (χ0n) is 6.42. The second-order valence-electron chi connectivity index (χ2n) is 1.96. The summed E-state index contributed by atoms with van der Waals surface area (Å²) in [4.78, 5) is 10.8. The summed E-state index contributed by atoms with van der Waals surface area (Å²) in [7, 11) is 1.76. The third kappa shape index (κ3) is 3.42. The summed E-state index contributed by atoms with van der Waals surface area (Å²) in [6.07, 6.45) is 0.348. The minimum atomic E-state index is -0.239. The van der Waals surface area contributed by atoms with Crippen molar-refractivity contribution < 1.29 is 10.0 Å². The number of hydroxylamine groups is 2. The third-order valence-electron chi connectivity index (χ3n) is 1.18. The van der Waals surface area contributed by atoms with Crippen molar-refractivity contribution in [2.45, 2.75) is 13.3 Å². The standard InChI is InChI=1S/C6H14N2O2/c1-3-8(10)6(9)4-5-7-2/h7,10H,3-5H2,1-2H3. The van der Waals surface area contributed by atoms with E-state index in [0.717, 1.165) is 5.06 Å². The molecule has 60 valence electrons. The molecule has 0 saturated carbocycles. The van der Waals surface area contributed by atoms with Crippen LogP contribution in [0.1, 0.15) is 13.3 Å². The smallest absolute Gasteiger partial charge is 0.247 e. The fourth-order valence-corrected chi connectivity index (χ4v) is 0.537. The number of nitrogens with zero attached hydrogens (tertiary/aromatic N) is 1. The molecule has 4 nitrogen and oxygen atoms in total. The van der Waals surface area contributed by atoms with Crippen LogP contribution in [0, 0.1) is 0 Å². The van der Waals surface area contributed by atoms with Gasteiger partial charge in [-0.1, -0.05) is 0 Å². The number of amides is 1. The Labute approximate surface area is 60.8 Å². The maximum Gasteiger partial charge on any atom is 0.247 e. The number of carbonyl (C=O) groups is 1. The van der Waals surface area contributed by atoms with Gasteiger partial charge in [-0.3, -0.25) is 10.0 Å². The Morgan fingerprint density at radius 1 is 1.70 bits per heavy atom. The Balaban J connectivity index is 3.42. The Hall–Kier alpha value is -0.610. The zero-order chi connectivity index (χ0) is 7.98. The molecule has 0 aliphatic heterocycles. The van der Waals surface area contributed by atoms with E-state index < -0.39 is 0 Å². The van der Waals surface area contributed by atoms with E-state index in [1.165, 1.54) is 0 Å². The van der Waals surface area contributed by atoms with Gasteiger partial charge in [-0.2, -0.15) is 0 Å². The van der Waals surface area contributed by atoms with E-state index in [2.05, 4.69) is 5.32 Å². The average Bonchev–Trinajstić information content (AvgIpc) is 1.98. The molecule has 1 amide bonds. The van der Waals surface area contributed by atoms with Crippen LogP contribution in [0.25, 0.3) is 0 Å². The Bertz CT molecular complexity index is 106. The van der Waals surface area contributed by atoms with Gasteiger partial charge in [0.05, 0.1) is 0 Å². The zero-order valence-corrected chi connectivity index (χ0v) is 6.42. The summed E-state index contributed by atoms with van der Waals surface area (Å²) in [5, 5.41) is 12.3. The van der Waals surface area contributed by atoms with Crippen LogP contribution in [0.5, 0.6) is 0 Å². The maximum absolute atomic E-state index is 10.8. The molecule has 0 radical (unpaired) electrons. The van der Waals surface area contributed by atoms with Crippen molar-refractivity contribution in [2.24, 2.45) is 0 Å². The molecule has 10 heavy (non-hydrogen) atoms. The van der Waals surface area contributed by atoms with Crippen molar-refractivity contribution in [3.8, 4) is 0 Å². The molecular formula is C6H14N2O2. The first-order chi connectivity index (χ1) is 4.72. The summed E-state index contributed by atoms with van der Waals surface area (Å²) in [6.45, 7) is 2.68. The molecule has 0 aromatic heterocycles. The lowest BCUT2D eigenvalue weighted by molar-refractivity contribution is -0.164. The van der Waals surface area contributed by atoms with Crippen molar-refractivity contribution >= 4 is 5.91 Å². The quantitative estimate of drug-likeness (QED) is 0.428. The van der Waals surface area contributed by atoms with E-state index in [1.807, 2.05) is 0 Å². The molecule has 0 aliphatic rings. The normalized spacial score (nSPS) is 9.50. The molecule has 0 rings (SSSR count). The van der Waals surface area contributed by atoms with Crippen molar-refractivity contribution in [3.05, 3.63) is 0 Å². The van der Waals surface area contributed by atoms with E-state index in [0.29, 0.717) is 19.5 Å². The summed E-state index contributed by atoms with van der Waals surface area (Å²) in [5.74, 6) is -0.239. The predicted molar refractivity (Wildman–Crippen MR) is 37.7 cm³/mol. The van der Waals surface area contributed by atoms with Crippen LogP contribution in [-0.2, 0) is 4.79 Å². The van der Waals surface area contributed by atoms with E-state index in [9.17, 15) is 4.79 Å². The molecular weight excluding hydrogens is 132 g/mol. The Kier molecular flexibility index (Phi) is 4.88. The molecule has 0 aliphatic carbocycles. The Morgan fingerprint density at radius 2 is 2.30 bits per heavy atom. The fraction of sp³-hybridized carbons (Fsp3) is 0.833. The molecule has 0 aromatic rings. The van der Waals surface area contributed by atoms with Gasteiger partial charge in [0, 0.05) is 19.5 Å². The van der Waals surface area contributed by atoms with Crippen molar-refractivity contribution in [1.29, 1.82) is 0 Å². The summed E-state index contributed by atoms with van der Waals surface area (Å²) in [5.41, 5.74) is 0. The monoisotopic (exact) mass is 146 g/mol. The second kappa shape index (κ2) is 5.20. The molecule has 0 atom stereocenters. The molecule has 0 unspecified atom stereocenters. The second-order valence-corrected chi connectivity index (χ2v) is 1.96. The van der Waals surface area contributed by atoms with Gasteiger partial charge in [-0.05, 0) is 14.0 Å². The molecule has 0 aromatic carbocycles. The number of hydrogen-bond acceptors (Lipinski definition) is 3. The van der Waals surface area contributed by atoms with Crippen molar-refractivity contribution in [2.75, 3.05) is 20.1 Å². The van der Waals surface area contributed by atoms with Crippen LogP contribution in [0.2, 0.25) is 0 Å². The molecule has 0 heterocycles. The van der Waals surface area contributed by atoms with Gasteiger partial charge >= 0.3 is 0 Å². The number of hydrogen-bond donors (Lipinski definition) is 2. The first-order valence-corrected chi connectivity index (χ1v) is 3.36. The summed E-state index contributed by atoms with van der Waals surface area (Å²) < 4.78 is 0. The van der Waals surface area contributed by atoms with E-state index in [4.69, 9.17) is 5.21 Å². The van der Waals surface area contributed by atoms with Gasteiger partial charge in [0.25, 0.3) is 0 Å². The van der Waals surface area contributed by atoms with Gasteiger partial charge in [-0.25, -0.2) is 5.06 Å². The van der Waals surface area contributed by atoms with Crippen LogP contribution in [0.3, 0.4) is 0 Å². The minimum Gasteiger partial charge on any atom is -0.319 e. The van der Waals surface area contributed by atoms with Gasteiger partial charge in [0.2, 0.25) is 5.91 Å². The van der Waals surface area contributed by atoms with Gasteiger partial charge < -0.3 is 5.32 Å². The van der Waals surface area contributed by atoms with E-state index >= 15 is 0 Å². The first kappa shape index (κ1) is 9.39. The lowest BCUT2D eigenvalue weighted by atomic mass is 10.4. The number of rotatable bonds is 4. The average molecular weight is 146 g/mol. The van der Waals surface area contributed by atoms with Crippen molar-refractivity contribution in [3.63, 3.8) is 0 Å². The highest BCUT2D eigenvalue weighted by atomic mass is 16.5. The van der Waals surface area contributed by atoms with Crippen LogP contribution in [0.15, 0.2) is 0 Å². The summed E-state index contributed by atoms with van der Waals surface area (Å²) in [6, 6.07) is 0. The molecule has 4 heteroatoms. The summed E-state index contributed by atoms with van der Waals surface area (Å²) >= 11 is 0. The lowest BCUT2D eigenvalue weighted by Crippen LogP contribution is -2.29. The van der Waals surface area contributed by atoms with Gasteiger partial charge in [-0.15, -0.1) is 0 Å². The Morgan fingerprint density at radius 3 is 2.70 bits per heavy atom. The number of nitrogens with one attached hydrogen (secondary N) is 1. The molecule has 0 spiro atoms. The van der Waals surface area contributed by atoms with Gasteiger partial charge in [0.15, 0.2) is 0 Å². The van der Waals surface area contributed by atoms with Crippen LogP contribution in [-0.4, -0.2) is 36.3 Å². The van der Waals surface area contributed by atoms with Crippen LogP contribution < -0.4 is 5.32 Å². The molecule has 0 saturated heterocycles. The molecule has 0 fully saturated rings.